The number of aromatic nitrogens is 2. The number of nitrogens with one attached hydrogen (secondary N) is 1. The highest BCUT2D eigenvalue weighted by Crippen LogP contribution is 2.13. The van der Waals surface area contributed by atoms with Gasteiger partial charge in [0.2, 0.25) is 5.95 Å². The molecule has 0 saturated carbocycles. The second-order valence-electron chi connectivity index (χ2n) is 4.64. The number of nitrogens with zero attached hydrogens (tertiary/aromatic N) is 3. The summed E-state index contributed by atoms with van der Waals surface area (Å²) in [6.07, 6.45) is 6.00. The van der Waals surface area contributed by atoms with Crippen molar-refractivity contribution in [2.75, 3.05) is 32.2 Å². The van der Waals surface area contributed by atoms with Gasteiger partial charge in [-0.15, -0.1) is 0 Å². The van der Waals surface area contributed by atoms with Crippen LogP contribution >= 0.6 is 0 Å². The summed E-state index contributed by atoms with van der Waals surface area (Å²) < 4.78 is 4.98. The zero-order chi connectivity index (χ0) is 14.1. The van der Waals surface area contributed by atoms with Crippen molar-refractivity contribution >= 4 is 5.95 Å². The second-order valence-corrected chi connectivity index (χ2v) is 4.64. The average Bonchev–Trinajstić information content (AvgIpc) is 2.45. The fourth-order valence-electron chi connectivity index (χ4n) is 2.03. The smallest absolute Gasteiger partial charge is 0.225 e. The number of anilines is 1. The highest BCUT2D eigenvalue weighted by Gasteiger charge is 2.13. The van der Waals surface area contributed by atoms with E-state index in [2.05, 4.69) is 41.1 Å². The van der Waals surface area contributed by atoms with Crippen molar-refractivity contribution in [3.63, 3.8) is 0 Å². The van der Waals surface area contributed by atoms with Crippen molar-refractivity contribution < 1.29 is 4.74 Å². The molecule has 0 bridgehead atoms. The maximum absolute atomic E-state index is 4.98. The van der Waals surface area contributed by atoms with E-state index in [1.165, 1.54) is 0 Å². The molecule has 0 aromatic carbocycles. The van der Waals surface area contributed by atoms with E-state index in [1.54, 1.807) is 7.11 Å². The van der Waals surface area contributed by atoms with Gasteiger partial charge in [0.05, 0.1) is 6.61 Å². The second kappa shape index (κ2) is 8.82. The Bertz CT molecular complexity index is 338. The number of ether oxygens (including phenoxy) is 1. The van der Waals surface area contributed by atoms with Gasteiger partial charge in [0.15, 0.2) is 0 Å². The quantitative estimate of drug-likeness (QED) is 0.691. The fraction of sp³-hybridized carbons (Fsp3) is 0.714. The van der Waals surface area contributed by atoms with Gasteiger partial charge in [-0.05, 0) is 12.8 Å². The van der Waals surface area contributed by atoms with Crippen molar-refractivity contribution in [1.29, 1.82) is 0 Å². The SMILES string of the molecule is CCC(CC)N(C)c1ncc(CNCCOC)cn1. The Kier molecular flexibility index (Phi) is 7.36. The lowest BCUT2D eigenvalue weighted by Gasteiger charge is -2.26. The average molecular weight is 266 g/mol. The predicted molar refractivity (Wildman–Crippen MR) is 78.4 cm³/mol. The van der Waals surface area contributed by atoms with Crippen molar-refractivity contribution in [2.45, 2.75) is 39.3 Å². The van der Waals surface area contributed by atoms with Crippen LogP contribution in [-0.4, -0.2) is 43.3 Å². The van der Waals surface area contributed by atoms with Crippen molar-refractivity contribution in [3.05, 3.63) is 18.0 Å². The van der Waals surface area contributed by atoms with E-state index >= 15 is 0 Å². The molecule has 5 heteroatoms. The maximum atomic E-state index is 4.98. The number of rotatable bonds is 9. The predicted octanol–water partition coefficient (Wildman–Crippen LogP) is 1.84. The van der Waals surface area contributed by atoms with Gasteiger partial charge in [0, 0.05) is 51.2 Å². The first kappa shape index (κ1) is 15.9. The highest BCUT2D eigenvalue weighted by atomic mass is 16.5. The Labute approximate surface area is 116 Å². The summed E-state index contributed by atoms with van der Waals surface area (Å²) >= 11 is 0. The first-order valence-corrected chi connectivity index (χ1v) is 6.96. The van der Waals surface area contributed by atoms with Crippen molar-refractivity contribution in [2.24, 2.45) is 0 Å². The molecular weight excluding hydrogens is 240 g/mol. The first-order chi connectivity index (χ1) is 9.22. The zero-order valence-corrected chi connectivity index (χ0v) is 12.5. The van der Waals surface area contributed by atoms with Crippen LogP contribution < -0.4 is 10.2 Å². The van der Waals surface area contributed by atoms with Gasteiger partial charge < -0.3 is 15.0 Å². The molecule has 5 nitrogen and oxygen atoms in total. The number of methoxy groups -OCH3 is 1. The van der Waals surface area contributed by atoms with E-state index in [0.29, 0.717) is 6.04 Å². The van der Waals surface area contributed by atoms with Gasteiger partial charge in [-0.3, -0.25) is 0 Å². The minimum atomic E-state index is 0.505. The molecule has 0 aliphatic carbocycles. The molecule has 1 aromatic heterocycles. The van der Waals surface area contributed by atoms with Gasteiger partial charge in [0.1, 0.15) is 0 Å². The molecule has 0 fully saturated rings. The topological polar surface area (TPSA) is 50.3 Å². The Morgan fingerprint density at radius 3 is 2.42 bits per heavy atom. The Morgan fingerprint density at radius 2 is 1.89 bits per heavy atom. The monoisotopic (exact) mass is 266 g/mol. The molecule has 1 heterocycles. The van der Waals surface area contributed by atoms with Gasteiger partial charge in [-0.2, -0.15) is 0 Å². The standard InChI is InChI=1S/C14H26N4O/c1-5-13(6-2)18(3)14-16-10-12(11-17-14)9-15-7-8-19-4/h10-11,13,15H,5-9H2,1-4H3. The molecule has 108 valence electrons. The lowest BCUT2D eigenvalue weighted by molar-refractivity contribution is 0.199. The van der Waals surface area contributed by atoms with Crippen LogP contribution in [0.25, 0.3) is 0 Å². The molecule has 0 amide bonds. The number of hydrogen-bond acceptors (Lipinski definition) is 5. The van der Waals surface area contributed by atoms with E-state index in [1.807, 2.05) is 12.4 Å². The van der Waals surface area contributed by atoms with Crippen molar-refractivity contribution in [1.82, 2.24) is 15.3 Å². The maximum Gasteiger partial charge on any atom is 0.225 e. The van der Waals surface area contributed by atoms with Crippen LogP contribution in [0.2, 0.25) is 0 Å². The summed E-state index contributed by atoms with van der Waals surface area (Å²) in [5, 5.41) is 3.28. The van der Waals surface area contributed by atoms with Crippen LogP contribution in [0.4, 0.5) is 5.95 Å². The fourth-order valence-corrected chi connectivity index (χ4v) is 2.03. The van der Waals surface area contributed by atoms with Gasteiger partial charge in [0.25, 0.3) is 0 Å². The van der Waals surface area contributed by atoms with E-state index < -0.39 is 0 Å². The third-order valence-electron chi connectivity index (χ3n) is 3.31. The minimum absolute atomic E-state index is 0.505. The molecule has 0 saturated heterocycles. The highest BCUT2D eigenvalue weighted by molar-refractivity contribution is 5.30. The van der Waals surface area contributed by atoms with E-state index in [4.69, 9.17) is 4.74 Å². The summed E-state index contributed by atoms with van der Waals surface area (Å²) in [6, 6.07) is 0.505. The molecule has 0 atom stereocenters. The molecule has 1 rings (SSSR count). The number of hydrogen-bond donors (Lipinski definition) is 1. The summed E-state index contributed by atoms with van der Waals surface area (Å²) in [5.41, 5.74) is 1.10. The molecule has 0 unspecified atom stereocenters. The Hall–Kier alpha value is -1.20. The molecule has 0 aliphatic heterocycles. The lowest BCUT2D eigenvalue weighted by atomic mass is 10.1. The normalized spacial score (nSPS) is 11.0. The van der Waals surface area contributed by atoms with E-state index in [-0.39, 0.29) is 0 Å². The van der Waals surface area contributed by atoms with Crippen molar-refractivity contribution in [3.8, 4) is 0 Å². The molecule has 1 aromatic rings. The van der Waals surface area contributed by atoms with Gasteiger partial charge in [-0.1, -0.05) is 13.8 Å². The molecule has 0 aliphatic rings. The van der Waals surface area contributed by atoms with E-state index in [9.17, 15) is 0 Å². The molecule has 0 spiro atoms. The van der Waals surface area contributed by atoms with Gasteiger partial charge in [-0.25, -0.2) is 9.97 Å². The molecular formula is C14H26N4O. The van der Waals surface area contributed by atoms with Crippen LogP contribution in [0.15, 0.2) is 12.4 Å². The minimum Gasteiger partial charge on any atom is -0.383 e. The molecule has 1 N–H and O–H groups in total. The summed E-state index contributed by atoms with van der Waals surface area (Å²) in [5.74, 6) is 0.800. The van der Waals surface area contributed by atoms with Crippen LogP contribution in [0.5, 0.6) is 0 Å². The van der Waals surface area contributed by atoms with E-state index in [0.717, 1.165) is 44.0 Å². The molecule has 0 radical (unpaired) electrons. The summed E-state index contributed by atoms with van der Waals surface area (Å²) in [6.45, 7) is 6.72. The van der Waals surface area contributed by atoms with Crippen LogP contribution in [0.3, 0.4) is 0 Å². The summed E-state index contributed by atoms with van der Waals surface area (Å²) in [4.78, 5) is 11.0. The van der Waals surface area contributed by atoms with Crippen LogP contribution in [0, 0.1) is 0 Å². The Morgan fingerprint density at radius 1 is 1.26 bits per heavy atom. The van der Waals surface area contributed by atoms with Crippen LogP contribution in [0.1, 0.15) is 32.3 Å². The lowest BCUT2D eigenvalue weighted by Crippen LogP contribution is -2.31. The summed E-state index contributed by atoms with van der Waals surface area (Å²) in [7, 11) is 3.76. The molecule has 19 heavy (non-hydrogen) atoms. The Balaban J connectivity index is 2.51. The third-order valence-corrected chi connectivity index (χ3v) is 3.31. The zero-order valence-electron chi connectivity index (χ0n) is 12.5. The third kappa shape index (κ3) is 5.12. The first-order valence-electron chi connectivity index (χ1n) is 6.96. The largest absolute Gasteiger partial charge is 0.383 e. The van der Waals surface area contributed by atoms with Gasteiger partial charge >= 0.3 is 0 Å². The van der Waals surface area contributed by atoms with Crippen LogP contribution in [-0.2, 0) is 11.3 Å².